The second-order valence-electron chi connectivity index (χ2n) is 7.26. The number of hydrogen-bond donors (Lipinski definition) is 0. The Kier molecular flexibility index (Phi) is 4.59. The van der Waals surface area contributed by atoms with Crippen molar-refractivity contribution in [3.05, 3.63) is 53.9 Å². The third-order valence-corrected chi connectivity index (χ3v) is 5.46. The fourth-order valence-electron chi connectivity index (χ4n) is 3.88. The maximum Gasteiger partial charge on any atom is 0.410 e. The first-order valence-electron chi connectivity index (χ1n) is 9.42. The molecule has 1 aromatic carbocycles. The normalized spacial score (nSPS) is 18.8. The van der Waals surface area contributed by atoms with Crippen molar-refractivity contribution in [2.45, 2.75) is 31.9 Å². The van der Waals surface area contributed by atoms with E-state index >= 15 is 0 Å². The van der Waals surface area contributed by atoms with Gasteiger partial charge in [0.1, 0.15) is 5.60 Å². The molecule has 1 spiro atoms. The number of amides is 2. The molecule has 0 N–H and O–H groups in total. The molecule has 2 amide bonds. The van der Waals surface area contributed by atoms with Crippen LogP contribution in [0.5, 0.6) is 0 Å². The Hall–Kier alpha value is -2.83. The number of ether oxygens (including phenoxy) is 1. The highest BCUT2D eigenvalue weighted by Gasteiger charge is 2.47. The van der Waals surface area contributed by atoms with E-state index in [1.165, 1.54) is 0 Å². The molecule has 0 radical (unpaired) electrons. The Bertz CT molecular complexity index is 826. The zero-order valence-corrected chi connectivity index (χ0v) is 15.5. The molecule has 0 atom stereocenters. The molecule has 4 rings (SSSR count). The second kappa shape index (κ2) is 7.06. The molecule has 0 bridgehead atoms. The molecule has 2 fully saturated rings. The largest absolute Gasteiger partial charge is 0.441 e. The predicted octanol–water partition coefficient (Wildman–Crippen LogP) is 2.38. The number of nitrogens with zero attached hydrogens (tertiary/aromatic N) is 4. The molecule has 3 heterocycles. The topological polar surface area (TPSA) is 67.7 Å². The molecule has 7 heteroatoms. The van der Waals surface area contributed by atoms with Crippen LogP contribution in [-0.4, -0.2) is 63.4 Å². The molecular formula is C20H24N4O3. The Labute approximate surface area is 158 Å². The summed E-state index contributed by atoms with van der Waals surface area (Å²) in [5, 5.41) is 4.21. The van der Waals surface area contributed by atoms with Crippen molar-refractivity contribution >= 4 is 12.0 Å². The Morgan fingerprint density at radius 2 is 2.07 bits per heavy atom. The number of carbonyl (C=O) groups excluding carboxylic acids is 2. The van der Waals surface area contributed by atoms with E-state index in [1.807, 2.05) is 53.0 Å². The van der Waals surface area contributed by atoms with Crippen LogP contribution >= 0.6 is 0 Å². The Morgan fingerprint density at radius 1 is 1.26 bits per heavy atom. The van der Waals surface area contributed by atoms with Crippen molar-refractivity contribution in [1.29, 1.82) is 0 Å². The van der Waals surface area contributed by atoms with Crippen LogP contribution in [0.1, 0.15) is 35.7 Å². The van der Waals surface area contributed by atoms with Gasteiger partial charge in [0.15, 0.2) is 0 Å². The number of hydrogen-bond acceptors (Lipinski definition) is 4. The summed E-state index contributed by atoms with van der Waals surface area (Å²) >= 11 is 0. The SMILES string of the molecule is CCN1CC2(CCN(C(=O)c3cccc(Cn4cccn4)c3)CC2)OC1=O. The second-order valence-corrected chi connectivity index (χ2v) is 7.26. The predicted molar refractivity (Wildman–Crippen MR) is 99.4 cm³/mol. The summed E-state index contributed by atoms with van der Waals surface area (Å²) in [6.45, 7) is 5.09. The van der Waals surface area contributed by atoms with E-state index in [1.54, 1.807) is 11.1 Å². The monoisotopic (exact) mass is 368 g/mol. The van der Waals surface area contributed by atoms with Crippen LogP contribution in [0, 0.1) is 0 Å². The summed E-state index contributed by atoms with van der Waals surface area (Å²) in [6.07, 6.45) is 4.79. The van der Waals surface area contributed by atoms with Crippen molar-refractivity contribution < 1.29 is 14.3 Å². The lowest BCUT2D eigenvalue weighted by Crippen LogP contribution is -2.48. The molecule has 0 unspecified atom stereocenters. The highest BCUT2D eigenvalue weighted by molar-refractivity contribution is 5.94. The first-order chi connectivity index (χ1) is 13.1. The number of benzene rings is 1. The van der Waals surface area contributed by atoms with Crippen LogP contribution in [0.25, 0.3) is 0 Å². The quantitative estimate of drug-likeness (QED) is 0.831. The van der Waals surface area contributed by atoms with Gasteiger partial charge in [0.25, 0.3) is 5.91 Å². The number of piperidine rings is 1. The molecule has 0 aliphatic carbocycles. The minimum Gasteiger partial charge on any atom is -0.441 e. The van der Waals surface area contributed by atoms with Crippen molar-refractivity contribution in [2.24, 2.45) is 0 Å². The number of likely N-dealkylation sites (tertiary alicyclic amines) is 1. The van der Waals surface area contributed by atoms with Gasteiger partial charge in [0.2, 0.25) is 0 Å². The lowest BCUT2D eigenvalue weighted by molar-refractivity contribution is 0.00314. The maximum atomic E-state index is 12.9. The third kappa shape index (κ3) is 3.54. The van der Waals surface area contributed by atoms with E-state index in [4.69, 9.17) is 4.74 Å². The van der Waals surface area contributed by atoms with Gasteiger partial charge in [-0.1, -0.05) is 12.1 Å². The van der Waals surface area contributed by atoms with Gasteiger partial charge in [-0.25, -0.2) is 4.79 Å². The number of aromatic nitrogens is 2. The average Bonchev–Trinajstić information content (AvgIpc) is 3.30. The summed E-state index contributed by atoms with van der Waals surface area (Å²) in [6, 6.07) is 9.58. The van der Waals surface area contributed by atoms with Gasteiger partial charge < -0.3 is 14.5 Å². The molecule has 2 aliphatic rings. The first kappa shape index (κ1) is 17.6. The summed E-state index contributed by atoms with van der Waals surface area (Å²) in [7, 11) is 0. The minimum absolute atomic E-state index is 0.0313. The zero-order valence-electron chi connectivity index (χ0n) is 15.5. The minimum atomic E-state index is -0.425. The molecule has 7 nitrogen and oxygen atoms in total. The first-order valence-corrected chi connectivity index (χ1v) is 9.42. The molecule has 0 saturated carbocycles. The van der Waals surface area contributed by atoms with Crippen molar-refractivity contribution in [2.75, 3.05) is 26.2 Å². The summed E-state index contributed by atoms with van der Waals surface area (Å²) < 4.78 is 7.48. The fraction of sp³-hybridized carbons (Fsp3) is 0.450. The van der Waals surface area contributed by atoms with Gasteiger partial charge in [-0.05, 0) is 30.7 Å². The third-order valence-electron chi connectivity index (χ3n) is 5.46. The standard InChI is InChI=1S/C20H24N4O3/c1-2-22-15-20(27-19(22)26)7-11-23(12-8-20)18(25)17-6-3-5-16(13-17)14-24-10-4-9-21-24/h3-6,9-10,13H,2,7-8,11-12,14-15H2,1H3. The zero-order chi connectivity index (χ0) is 18.9. The molecule has 142 valence electrons. The molecule has 27 heavy (non-hydrogen) atoms. The van der Waals surface area contributed by atoms with Gasteiger partial charge in [-0.15, -0.1) is 0 Å². The van der Waals surface area contributed by atoms with Crippen molar-refractivity contribution in [3.63, 3.8) is 0 Å². The Morgan fingerprint density at radius 3 is 2.74 bits per heavy atom. The number of carbonyl (C=O) groups is 2. The van der Waals surface area contributed by atoms with Gasteiger partial charge in [-0.2, -0.15) is 5.10 Å². The van der Waals surface area contributed by atoms with Gasteiger partial charge in [-0.3, -0.25) is 9.48 Å². The van der Waals surface area contributed by atoms with Gasteiger partial charge in [0, 0.05) is 50.4 Å². The van der Waals surface area contributed by atoms with Crippen molar-refractivity contribution in [1.82, 2.24) is 19.6 Å². The average molecular weight is 368 g/mol. The van der Waals surface area contributed by atoms with E-state index in [0.29, 0.717) is 51.1 Å². The van der Waals surface area contributed by atoms with E-state index in [9.17, 15) is 9.59 Å². The fourth-order valence-corrected chi connectivity index (χ4v) is 3.88. The van der Waals surface area contributed by atoms with E-state index in [0.717, 1.165) is 5.56 Å². The molecule has 2 aromatic rings. The summed E-state index contributed by atoms with van der Waals surface area (Å²) in [5.41, 5.74) is 1.31. The molecule has 2 aliphatic heterocycles. The van der Waals surface area contributed by atoms with Crippen LogP contribution < -0.4 is 0 Å². The van der Waals surface area contributed by atoms with E-state index in [-0.39, 0.29) is 12.0 Å². The van der Waals surface area contributed by atoms with Gasteiger partial charge in [0.05, 0.1) is 13.1 Å². The maximum absolute atomic E-state index is 12.9. The summed E-state index contributed by atoms with van der Waals surface area (Å²) in [4.78, 5) is 28.4. The van der Waals surface area contributed by atoms with Crippen LogP contribution in [0.2, 0.25) is 0 Å². The van der Waals surface area contributed by atoms with Crippen LogP contribution in [0.15, 0.2) is 42.7 Å². The lowest BCUT2D eigenvalue weighted by atomic mass is 9.91. The van der Waals surface area contributed by atoms with E-state index in [2.05, 4.69) is 5.10 Å². The molecule has 1 aromatic heterocycles. The number of rotatable bonds is 4. The van der Waals surface area contributed by atoms with Crippen LogP contribution in [0.3, 0.4) is 0 Å². The molecule has 2 saturated heterocycles. The van der Waals surface area contributed by atoms with Crippen molar-refractivity contribution in [3.8, 4) is 0 Å². The number of likely N-dealkylation sites (N-methyl/N-ethyl adjacent to an activating group) is 1. The highest BCUT2D eigenvalue weighted by atomic mass is 16.6. The molecular weight excluding hydrogens is 344 g/mol. The van der Waals surface area contributed by atoms with Crippen LogP contribution in [-0.2, 0) is 11.3 Å². The van der Waals surface area contributed by atoms with E-state index < -0.39 is 5.60 Å². The Balaban J connectivity index is 1.40. The summed E-state index contributed by atoms with van der Waals surface area (Å²) in [5.74, 6) is 0.0313. The van der Waals surface area contributed by atoms with Gasteiger partial charge >= 0.3 is 6.09 Å². The highest BCUT2D eigenvalue weighted by Crippen LogP contribution is 2.33. The smallest absolute Gasteiger partial charge is 0.410 e. The lowest BCUT2D eigenvalue weighted by Gasteiger charge is -2.37. The van der Waals surface area contributed by atoms with Crippen LogP contribution in [0.4, 0.5) is 4.79 Å².